The van der Waals surface area contributed by atoms with Crippen molar-refractivity contribution >= 4 is 23.2 Å². The second kappa shape index (κ2) is 9.61. The van der Waals surface area contributed by atoms with Gasteiger partial charge in [-0.25, -0.2) is 0 Å². The molecule has 34 heavy (non-hydrogen) atoms. The fourth-order valence-corrected chi connectivity index (χ4v) is 5.00. The highest BCUT2D eigenvalue weighted by molar-refractivity contribution is 7.09. The Hall–Kier alpha value is -3.78. The number of amides is 2. The second-order valence-corrected chi connectivity index (χ2v) is 9.36. The average molecular weight is 472 g/mol. The second-order valence-electron chi connectivity index (χ2n) is 8.33. The number of rotatable bonds is 9. The van der Waals surface area contributed by atoms with Crippen molar-refractivity contribution in [2.45, 2.75) is 31.5 Å². The highest BCUT2D eigenvalue weighted by Gasteiger charge is 2.59. The summed E-state index contributed by atoms with van der Waals surface area (Å²) in [7, 11) is 0. The first kappa shape index (κ1) is 22.0. The molecule has 0 aliphatic carbocycles. The van der Waals surface area contributed by atoms with Gasteiger partial charge in [0.25, 0.3) is 5.91 Å². The van der Waals surface area contributed by atoms with Crippen LogP contribution in [0, 0.1) is 0 Å². The predicted octanol–water partition coefficient (Wildman–Crippen LogP) is 3.37. The molecule has 172 valence electrons. The number of thiophene rings is 1. The number of aromatic nitrogens is 3. The van der Waals surface area contributed by atoms with E-state index in [2.05, 4.69) is 15.5 Å². The summed E-state index contributed by atoms with van der Waals surface area (Å²) in [5, 5.41) is 14.1. The Morgan fingerprint density at radius 3 is 2.41 bits per heavy atom. The Bertz CT molecular complexity index is 1260. The van der Waals surface area contributed by atoms with Crippen molar-refractivity contribution in [3.63, 3.8) is 0 Å². The standard InChI is InChI=1S/C26H25N5O2S/c32-24-16-26(30(24)14-13-22-12-7-15-34-22,25(33)27-17-20-8-3-1-4-9-20)23-18-28-31(29-23)19-21-10-5-2-6-11-21/h1-12,15,18H,13-14,16-17,19H2,(H,27,33)/t26-/m1/s1. The maximum absolute atomic E-state index is 13.6. The molecule has 0 unspecified atom stereocenters. The molecule has 0 saturated carbocycles. The summed E-state index contributed by atoms with van der Waals surface area (Å²) in [6, 6.07) is 23.7. The molecule has 7 nitrogen and oxygen atoms in total. The van der Waals surface area contributed by atoms with Gasteiger partial charge in [-0.15, -0.1) is 11.3 Å². The minimum atomic E-state index is -1.15. The summed E-state index contributed by atoms with van der Waals surface area (Å²) >= 11 is 1.65. The molecular formula is C26H25N5O2S. The maximum atomic E-state index is 13.6. The lowest BCUT2D eigenvalue weighted by Crippen LogP contribution is -2.68. The van der Waals surface area contributed by atoms with Gasteiger partial charge in [-0.1, -0.05) is 66.7 Å². The summed E-state index contributed by atoms with van der Waals surface area (Å²) in [5.41, 5.74) is 1.40. The van der Waals surface area contributed by atoms with Crippen LogP contribution >= 0.6 is 11.3 Å². The van der Waals surface area contributed by atoms with E-state index in [0.29, 0.717) is 31.7 Å². The molecule has 0 radical (unpaired) electrons. The predicted molar refractivity (Wildman–Crippen MR) is 130 cm³/mol. The van der Waals surface area contributed by atoms with E-state index in [4.69, 9.17) is 0 Å². The fraction of sp³-hybridized carbons (Fsp3) is 0.231. The van der Waals surface area contributed by atoms with E-state index in [1.807, 2.05) is 78.2 Å². The van der Waals surface area contributed by atoms with Gasteiger partial charge in [-0.2, -0.15) is 15.0 Å². The number of β-lactam (4-membered cyclic amide) rings is 1. The molecule has 0 spiro atoms. The molecule has 5 rings (SSSR count). The van der Waals surface area contributed by atoms with Crippen molar-refractivity contribution in [1.82, 2.24) is 25.2 Å². The van der Waals surface area contributed by atoms with Crippen LogP contribution in [0.1, 0.15) is 28.1 Å². The lowest BCUT2D eigenvalue weighted by Gasteiger charge is -2.49. The smallest absolute Gasteiger partial charge is 0.253 e. The minimum absolute atomic E-state index is 0.0518. The monoisotopic (exact) mass is 471 g/mol. The number of nitrogens with one attached hydrogen (secondary N) is 1. The number of likely N-dealkylation sites (tertiary alicyclic amines) is 1. The maximum Gasteiger partial charge on any atom is 0.253 e. The van der Waals surface area contributed by atoms with Gasteiger partial charge in [0.2, 0.25) is 5.91 Å². The van der Waals surface area contributed by atoms with Gasteiger partial charge < -0.3 is 10.2 Å². The zero-order valence-electron chi connectivity index (χ0n) is 18.6. The number of hydrogen-bond acceptors (Lipinski definition) is 5. The van der Waals surface area contributed by atoms with Crippen LogP contribution in [-0.2, 0) is 34.6 Å². The zero-order valence-corrected chi connectivity index (χ0v) is 19.4. The Kier molecular flexibility index (Phi) is 6.22. The van der Waals surface area contributed by atoms with Crippen LogP contribution in [0.15, 0.2) is 84.4 Å². The van der Waals surface area contributed by atoms with Gasteiger partial charge in [-0.3, -0.25) is 9.59 Å². The summed E-state index contributed by atoms with van der Waals surface area (Å²) in [6.45, 7) is 1.32. The molecule has 1 aliphatic heterocycles. The van der Waals surface area contributed by atoms with Crippen LogP contribution in [0.3, 0.4) is 0 Å². The highest BCUT2D eigenvalue weighted by atomic mass is 32.1. The van der Waals surface area contributed by atoms with E-state index in [1.165, 1.54) is 4.88 Å². The van der Waals surface area contributed by atoms with Gasteiger partial charge in [0.1, 0.15) is 5.69 Å². The van der Waals surface area contributed by atoms with Crippen LogP contribution in [0.25, 0.3) is 0 Å². The average Bonchev–Trinajstić information content (AvgIpc) is 3.55. The Balaban J connectivity index is 1.40. The van der Waals surface area contributed by atoms with Crippen molar-refractivity contribution in [3.8, 4) is 0 Å². The Morgan fingerprint density at radius 2 is 1.74 bits per heavy atom. The summed E-state index contributed by atoms with van der Waals surface area (Å²) in [5.74, 6) is -0.280. The molecule has 1 aliphatic rings. The first-order valence-corrected chi connectivity index (χ1v) is 12.1. The van der Waals surface area contributed by atoms with E-state index in [-0.39, 0.29) is 18.2 Å². The molecular weight excluding hydrogens is 446 g/mol. The normalized spacial score (nSPS) is 17.4. The first-order chi connectivity index (χ1) is 16.6. The van der Waals surface area contributed by atoms with Gasteiger partial charge >= 0.3 is 0 Å². The number of carbonyl (C=O) groups is 2. The minimum Gasteiger partial charge on any atom is -0.350 e. The van der Waals surface area contributed by atoms with Crippen LogP contribution in [0.4, 0.5) is 0 Å². The largest absolute Gasteiger partial charge is 0.350 e. The molecule has 2 aromatic carbocycles. The number of hydrogen-bond donors (Lipinski definition) is 1. The number of carbonyl (C=O) groups excluding carboxylic acids is 2. The number of nitrogens with zero attached hydrogens (tertiary/aromatic N) is 4. The van der Waals surface area contributed by atoms with Crippen LogP contribution in [-0.4, -0.2) is 38.3 Å². The molecule has 8 heteroatoms. The third kappa shape index (κ3) is 4.36. The Morgan fingerprint density at radius 1 is 1.00 bits per heavy atom. The number of benzene rings is 2. The van der Waals surface area contributed by atoms with E-state index >= 15 is 0 Å². The quantitative estimate of drug-likeness (QED) is 0.380. The fourth-order valence-electron chi connectivity index (χ4n) is 4.31. The summed E-state index contributed by atoms with van der Waals surface area (Å²) < 4.78 is 0. The molecule has 1 saturated heterocycles. The van der Waals surface area contributed by atoms with Crippen molar-refractivity contribution in [3.05, 3.63) is 106 Å². The van der Waals surface area contributed by atoms with Crippen molar-refractivity contribution in [1.29, 1.82) is 0 Å². The van der Waals surface area contributed by atoms with Crippen LogP contribution in [0.5, 0.6) is 0 Å². The lowest BCUT2D eigenvalue weighted by molar-refractivity contribution is -0.168. The molecule has 2 aromatic heterocycles. The van der Waals surface area contributed by atoms with Gasteiger partial charge in [0.05, 0.1) is 19.2 Å². The molecule has 2 amide bonds. The molecule has 1 N–H and O–H groups in total. The van der Waals surface area contributed by atoms with Gasteiger partial charge in [-0.05, 0) is 29.0 Å². The van der Waals surface area contributed by atoms with Crippen LogP contribution < -0.4 is 5.32 Å². The van der Waals surface area contributed by atoms with Gasteiger partial charge in [0, 0.05) is 18.0 Å². The van der Waals surface area contributed by atoms with Crippen molar-refractivity contribution in [2.75, 3.05) is 6.54 Å². The van der Waals surface area contributed by atoms with E-state index < -0.39 is 5.54 Å². The summed E-state index contributed by atoms with van der Waals surface area (Å²) in [4.78, 5) is 30.8. The van der Waals surface area contributed by atoms with Crippen LogP contribution in [0.2, 0.25) is 0 Å². The lowest BCUT2D eigenvalue weighted by atomic mass is 9.79. The molecule has 1 fully saturated rings. The third-order valence-electron chi connectivity index (χ3n) is 6.13. The molecule has 3 heterocycles. The Labute approximate surface area is 202 Å². The molecule has 1 atom stereocenters. The highest BCUT2D eigenvalue weighted by Crippen LogP contribution is 2.41. The van der Waals surface area contributed by atoms with E-state index in [1.54, 1.807) is 27.2 Å². The zero-order chi connectivity index (χ0) is 23.4. The van der Waals surface area contributed by atoms with Crippen molar-refractivity contribution in [2.24, 2.45) is 0 Å². The topological polar surface area (TPSA) is 80.1 Å². The van der Waals surface area contributed by atoms with Gasteiger partial charge in [0.15, 0.2) is 5.54 Å². The SMILES string of the molecule is O=C1C[C@](C(=O)NCc2ccccc2)(c2cnn(Cc3ccccc3)n2)N1CCc1cccs1. The summed E-state index contributed by atoms with van der Waals surface area (Å²) in [6.07, 6.45) is 2.40. The molecule has 0 bridgehead atoms. The van der Waals surface area contributed by atoms with Crippen molar-refractivity contribution < 1.29 is 9.59 Å². The van der Waals surface area contributed by atoms with E-state index in [9.17, 15) is 9.59 Å². The third-order valence-corrected chi connectivity index (χ3v) is 7.07. The van der Waals surface area contributed by atoms with E-state index in [0.717, 1.165) is 11.1 Å². The molecule has 4 aromatic rings. The first-order valence-electron chi connectivity index (χ1n) is 11.2.